The summed E-state index contributed by atoms with van der Waals surface area (Å²) < 4.78 is 38.1. The molecule has 0 saturated heterocycles. The maximum Gasteiger partial charge on any atom is 0.231 e. The number of hydrogen-bond donors (Lipinski definition) is 1. The highest BCUT2D eigenvalue weighted by Gasteiger charge is 2.50. The van der Waals surface area contributed by atoms with E-state index < -0.39 is 21.1 Å². The molecule has 1 aromatic rings. The average molecular weight is 269 g/mol. The Labute approximate surface area is 104 Å². The van der Waals surface area contributed by atoms with Crippen LogP contribution in [0.3, 0.4) is 0 Å². The molecule has 1 aliphatic heterocycles. The van der Waals surface area contributed by atoms with Crippen LogP contribution in [0.5, 0.6) is 0 Å². The summed E-state index contributed by atoms with van der Waals surface area (Å²) in [4.78, 5) is 12.0. The van der Waals surface area contributed by atoms with Gasteiger partial charge in [0.25, 0.3) is 0 Å². The van der Waals surface area contributed by atoms with Crippen molar-refractivity contribution in [2.45, 2.75) is 24.2 Å². The van der Waals surface area contributed by atoms with E-state index >= 15 is 0 Å². The van der Waals surface area contributed by atoms with Crippen molar-refractivity contribution in [2.24, 2.45) is 5.41 Å². The number of amides is 1. The summed E-state index contributed by atoms with van der Waals surface area (Å²) in [6, 6.07) is 3.83. The Balaban J connectivity index is 2.21. The molecule has 18 heavy (non-hydrogen) atoms. The summed E-state index contributed by atoms with van der Waals surface area (Å²) in [5.74, 6) is -1.30. The van der Waals surface area contributed by atoms with E-state index in [4.69, 9.17) is 0 Å². The monoisotopic (exact) mass is 269 g/mol. The molecule has 1 spiro atoms. The Hall–Kier alpha value is -1.43. The van der Waals surface area contributed by atoms with Crippen molar-refractivity contribution >= 4 is 21.4 Å². The summed E-state index contributed by atoms with van der Waals surface area (Å²) >= 11 is 0. The molecule has 1 aliphatic carbocycles. The minimum Gasteiger partial charge on any atom is -0.322 e. The summed E-state index contributed by atoms with van der Waals surface area (Å²) in [7, 11) is -3.63. The number of fused-ring (bicyclic) bond motifs is 1. The SMILES string of the molecule is O=C1Nc2c(F)cccc2S(=O)(=O)CC12CCC2. The van der Waals surface area contributed by atoms with Crippen LogP contribution in [0.4, 0.5) is 10.1 Å². The van der Waals surface area contributed by atoms with Gasteiger partial charge in [-0.15, -0.1) is 0 Å². The number of rotatable bonds is 0. The lowest BCUT2D eigenvalue weighted by Crippen LogP contribution is -2.45. The molecular formula is C12H12FNO3S. The molecule has 0 radical (unpaired) electrons. The van der Waals surface area contributed by atoms with Crippen LogP contribution in [0, 0.1) is 11.2 Å². The fraction of sp³-hybridized carbons (Fsp3) is 0.417. The van der Waals surface area contributed by atoms with Gasteiger partial charge in [-0.1, -0.05) is 12.5 Å². The molecule has 0 atom stereocenters. The highest BCUT2D eigenvalue weighted by atomic mass is 32.2. The molecule has 1 N–H and O–H groups in total. The topological polar surface area (TPSA) is 63.2 Å². The van der Waals surface area contributed by atoms with E-state index in [0.717, 1.165) is 12.5 Å². The first-order chi connectivity index (χ1) is 8.45. The fourth-order valence-electron chi connectivity index (χ4n) is 2.61. The predicted molar refractivity (Wildman–Crippen MR) is 63.4 cm³/mol. The van der Waals surface area contributed by atoms with Gasteiger partial charge in [-0.3, -0.25) is 4.79 Å². The number of carbonyl (C=O) groups is 1. The summed E-state index contributed by atoms with van der Waals surface area (Å²) in [6.07, 6.45) is 1.93. The third kappa shape index (κ3) is 1.48. The zero-order chi connectivity index (χ0) is 13.0. The van der Waals surface area contributed by atoms with Gasteiger partial charge in [-0.05, 0) is 25.0 Å². The zero-order valence-corrected chi connectivity index (χ0v) is 10.4. The molecular weight excluding hydrogens is 257 g/mol. The van der Waals surface area contributed by atoms with Crippen LogP contribution in [0.15, 0.2) is 23.1 Å². The standard InChI is InChI=1S/C12H12FNO3S/c13-8-3-1-4-9-10(8)14-11(15)12(5-2-6-12)7-18(9,16)17/h1,3-4H,2,5-7H2,(H,14,15). The minimum atomic E-state index is -3.63. The van der Waals surface area contributed by atoms with Crippen LogP contribution < -0.4 is 5.32 Å². The average Bonchev–Trinajstić information content (AvgIpc) is 2.34. The van der Waals surface area contributed by atoms with E-state index in [0.29, 0.717) is 12.8 Å². The number of anilines is 1. The molecule has 3 rings (SSSR count). The Morgan fingerprint density at radius 2 is 2.00 bits per heavy atom. The highest BCUT2D eigenvalue weighted by molar-refractivity contribution is 7.91. The van der Waals surface area contributed by atoms with Crippen LogP contribution in [0.2, 0.25) is 0 Å². The number of para-hydroxylation sites is 1. The number of benzene rings is 1. The maximum absolute atomic E-state index is 13.7. The van der Waals surface area contributed by atoms with Crippen LogP contribution >= 0.6 is 0 Å². The largest absolute Gasteiger partial charge is 0.322 e. The van der Waals surface area contributed by atoms with E-state index in [2.05, 4.69) is 5.32 Å². The Morgan fingerprint density at radius 3 is 2.61 bits per heavy atom. The lowest BCUT2D eigenvalue weighted by Gasteiger charge is -2.38. The summed E-state index contributed by atoms with van der Waals surface area (Å²) in [5, 5.41) is 2.45. The number of sulfone groups is 1. The smallest absolute Gasteiger partial charge is 0.231 e. The van der Waals surface area contributed by atoms with E-state index in [1.54, 1.807) is 0 Å². The van der Waals surface area contributed by atoms with Gasteiger partial charge < -0.3 is 5.32 Å². The number of hydrogen-bond acceptors (Lipinski definition) is 3. The van der Waals surface area contributed by atoms with Crippen molar-refractivity contribution < 1.29 is 17.6 Å². The molecule has 0 bridgehead atoms. The first-order valence-electron chi connectivity index (χ1n) is 5.77. The summed E-state index contributed by atoms with van der Waals surface area (Å²) in [6.45, 7) is 0. The van der Waals surface area contributed by atoms with Crippen LogP contribution in [-0.2, 0) is 14.6 Å². The number of halogens is 1. The van der Waals surface area contributed by atoms with Crippen LogP contribution in [0.1, 0.15) is 19.3 Å². The molecule has 1 amide bonds. The summed E-state index contributed by atoms with van der Waals surface area (Å²) in [5.41, 5.74) is -1.06. The fourth-order valence-corrected chi connectivity index (χ4v) is 4.66. The van der Waals surface area contributed by atoms with Crippen molar-refractivity contribution in [3.05, 3.63) is 24.0 Å². The second kappa shape index (κ2) is 3.54. The van der Waals surface area contributed by atoms with Gasteiger partial charge in [-0.2, -0.15) is 0 Å². The van der Waals surface area contributed by atoms with E-state index in [-0.39, 0.29) is 22.2 Å². The molecule has 1 fully saturated rings. The molecule has 0 aromatic heterocycles. The molecule has 1 aromatic carbocycles. The molecule has 4 nitrogen and oxygen atoms in total. The van der Waals surface area contributed by atoms with Gasteiger partial charge in [0, 0.05) is 0 Å². The lowest BCUT2D eigenvalue weighted by molar-refractivity contribution is -0.128. The van der Waals surface area contributed by atoms with E-state index in [1.807, 2.05) is 0 Å². The minimum absolute atomic E-state index is 0.111. The Kier molecular flexibility index (Phi) is 2.29. The number of carbonyl (C=O) groups excluding carboxylic acids is 1. The molecule has 2 aliphatic rings. The van der Waals surface area contributed by atoms with Gasteiger partial charge in [-0.25, -0.2) is 12.8 Å². The van der Waals surface area contributed by atoms with Gasteiger partial charge >= 0.3 is 0 Å². The lowest BCUT2D eigenvalue weighted by atomic mass is 9.69. The molecule has 6 heteroatoms. The van der Waals surface area contributed by atoms with Gasteiger partial charge in [0.15, 0.2) is 9.84 Å². The molecule has 1 heterocycles. The van der Waals surface area contributed by atoms with Crippen molar-refractivity contribution in [2.75, 3.05) is 11.1 Å². The highest BCUT2D eigenvalue weighted by Crippen LogP contribution is 2.46. The van der Waals surface area contributed by atoms with Crippen LogP contribution in [-0.4, -0.2) is 20.1 Å². The third-order valence-electron chi connectivity index (χ3n) is 3.81. The second-order valence-corrected chi connectivity index (χ2v) is 6.92. The van der Waals surface area contributed by atoms with Crippen molar-refractivity contribution in [3.63, 3.8) is 0 Å². The maximum atomic E-state index is 13.7. The Bertz CT molecular complexity index is 635. The second-order valence-electron chi connectivity index (χ2n) is 4.96. The van der Waals surface area contributed by atoms with Crippen molar-refractivity contribution in [1.82, 2.24) is 0 Å². The van der Waals surface area contributed by atoms with Gasteiger partial charge in [0.2, 0.25) is 5.91 Å². The van der Waals surface area contributed by atoms with Crippen molar-refractivity contribution in [1.29, 1.82) is 0 Å². The molecule has 0 unspecified atom stereocenters. The molecule has 96 valence electrons. The predicted octanol–water partition coefficient (Wildman–Crippen LogP) is 1.72. The zero-order valence-electron chi connectivity index (χ0n) is 9.57. The quantitative estimate of drug-likeness (QED) is 0.780. The third-order valence-corrected chi connectivity index (χ3v) is 5.75. The van der Waals surface area contributed by atoms with Gasteiger partial charge in [0.05, 0.1) is 21.8 Å². The van der Waals surface area contributed by atoms with Crippen LogP contribution in [0.25, 0.3) is 0 Å². The normalized spacial score (nSPS) is 23.7. The first-order valence-corrected chi connectivity index (χ1v) is 7.43. The van der Waals surface area contributed by atoms with E-state index in [1.165, 1.54) is 12.1 Å². The number of nitrogens with one attached hydrogen (secondary N) is 1. The Morgan fingerprint density at radius 1 is 1.28 bits per heavy atom. The molecule has 1 saturated carbocycles. The van der Waals surface area contributed by atoms with Crippen molar-refractivity contribution in [3.8, 4) is 0 Å². The van der Waals surface area contributed by atoms with Gasteiger partial charge in [0.1, 0.15) is 5.82 Å². The first kappa shape index (κ1) is 11.6. The van der Waals surface area contributed by atoms with E-state index in [9.17, 15) is 17.6 Å².